The molecule has 2 aromatic carbocycles. The van der Waals surface area contributed by atoms with Gasteiger partial charge in [-0.05, 0) is 42.0 Å². The Bertz CT molecular complexity index is 956. The number of nitrogens with one attached hydrogen (secondary N) is 2. The summed E-state index contributed by atoms with van der Waals surface area (Å²) in [6, 6.07) is 17.3. The summed E-state index contributed by atoms with van der Waals surface area (Å²) in [4.78, 5) is 16.2. The third-order valence-electron chi connectivity index (χ3n) is 4.16. The largest absolute Gasteiger partial charge is 0.340 e. The lowest BCUT2D eigenvalue weighted by atomic mass is 10.1. The van der Waals surface area contributed by atoms with Crippen molar-refractivity contribution in [3.63, 3.8) is 0 Å². The van der Waals surface area contributed by atoms with Gasteiger partial charge >= 0.3 is 0 Å². The molecule has 1 amide bonds. The number of hydrogen-bond donors (Lipinski definition) is 2. The van der Waals surface area contributed by atoms with Gasteiger partial charge in [-0.3, -0.25) is 4.79 Å². The van der Waals surface area contributed by atoms with Crippen LogP contribution in [0.2, 0.25) is 0 Å². The van der Waals surface area contributed by atoms with E-state index in [1.165, 1.54) is 12.1 Å². The second-order valence-electron chi connectivity index (χ2n) is 6.71. The highest BCUT2D eigenvalue weighted by Crippen LogP contribution is 2.26. The summed E-state index contributed by atoms with van der Waals surface area (Å²) >= 11 is 0. The first kappa shape index (κ1) is 19.5. The number of alkyl halides is 2. The van der Waals surface area contributed by atoms with E-state index in [1.54, 1.807) is 24.4 Å². The molecular formula is C22H21F2N3O. The summed E-state index contributed by atoms with van der Waals surface area (Å²) < 4.78 is 25.6. The monoisotopic (exact) mass is 381 g/mol. The van der Waals surface area contributed by atoms with E-state index in [9.17, 15) is 13.6 Å². The molecule has 0 saturated carbocycles. The zero-order valence-electron chi connectivity index (χ0n) is 15.6. The van der Waals surface area contributed by atoms with Gasteiger partial charge in [0.25, 0.3) is 6.43 Å². The Morgan fingerprint density at radius 3 is 2.36 bits per heavy atom. The van der Waals surface area contributed by atoms with Crippen LogP contribution in [0.25, 0.3) is 11.1 Å². The highest BCUT2D eigenvalue weighted by atomic mass is 19.3. The molecule has 1 heterocycles. The lowest BCUT2D eigenvalue weighted by molar-refractivity contribution is -0.118. The zero-order chi connectivity index (χ0) is 20.1. The minimum absolute atomic E-state index is 0.0399. The second kappa shape index (κ2) is 8.61. The lowest BCUT2D eigenvalue weighted by Crippen LogP contribution is -2.17. The van der Waals surface area contributed by atoms with Crippen molar-refractivity contribution >= 4 is 23.1 Å². The third-order valence-corrected chi connectivity index (χ3v) is 4.16. The highest BCUT2D eigenvalue weighted by Gasteiger charge is 2.09. The molecule has 3 aromatic rings. The predicted octanol–water partition coefficient (Wildman–Crippen LogP) is 6.02. The molecule has 0 atom stereocenters. The van der Waals surface area contributed by atoms with Crippen molar-refractivity contribution in [3.05, 3.63) is 72.4 Å². The molecule has 0 saturated heterocycles. The maximum atomic E-state index is 12.8. The Morgan fingerprint density at radius 1 is 0.929 bits per heavy atom. The van der Waals surface area contributed by atoms with Crippen LogP contribution in [0.3, 0.4) is 0 Å². The molecule has 1 aromatic heterocycles. The van der Waals surface area contributed by atoms with Crippen LogP contribution in [0.15, 0.2) is 66.9 Å². The zero-order valence-corrected chi connectivity index (χ0v) is 15.6. The Morgan fingerprint density at radius 2 is 1.68 bits per heavy atom. The van der Waals surface area contributed by atoms with Gasteiger partial charge in [0.1, 0.15) is 5.82 Å². The van der Waals surface area contributed by atoms with Crippen LogP contribution in [-0.2, 0) is 4.79 Å². The minimum atomic E-state index is -2.51. The van der Waals surface area contributed by atoms with Crippen molar-refractivity contribution in [3.8, 4) is 11.1 Å². The van der Waals surface area contributed by atoms with E-state index in [4.69, 9.17) is 0 Å². The fourth-order valence-corrected chi connectivity index (χ4v) is 2.60. The third kappa shape index (κ3) is 4.91. The van der Waals surface area contributed by atoms with E-state index in [2.05, 4.69) is 15.6 Å². The lowest BCUT2D eigenvalue weighted by Gasteiger charge is -2.10. The number of benzene rings is 2. The fourth-order valence-electron chi connectivity index (χ4n) is 2.60. The maximum absolute atomic E-state index is 12.8. The van der Waals surface area contributed by atoms with Crippen molar-refractivity contribution in [1.82, 2.24) is 4.98 Å². The van der Waals surface area contributed by atoms with E-state index < -0.39 is 6.43 Å². The summed E-state index contributed by atoms with van der Waals surface area (Å²) in [6.45, 7) is 3.68. The van der Waals surface area contributed by atoms with Crippen molar-refractivity contribution in [2.45, 2.75) is 20.3 Å². The molecule has 3 rings (SSSR count). The van der Waals surface area contributed by atoms with Crippen molar-refractivity contribution in [2.24, 2.45) is 5.92 Å². The van der Waals surface area contributed by atoms with E-state index >= 15 is 0 Å². The summed E-state index contributed by atoms with van der Waals surface area (Å²) in [5.74, 6) is 0.416. The summed E-state index contributed by atoms with van der Waals surface area (Å²) in [6.07, 6.45) is -0.816. The van der Waals surface area contributed by atoms with Crippen molar-refractivity contribution in [1.29, 1.82) is 0 Å². The molecule has 0 bridgehead atoms. The Kier molecular flexibility index (Phi) is 5.99. The van der Waals surface area contributed by atoms with Crippen LogP contribution >= 0.6 is 0 Å². The minimum Gasteiger partial charge on any atom is -0.340 e. The smallest absolute Gasteiger partial charge is 0.263 e. The first-order valence-electron chi connectivity index (χ1n) is 8.95. The average molecular weight is 381 g/mol. The fraction of sp³-hybridized carbons (Fsp3) is 0.182. The van der Waals surface area contributed by atoms with Crippen LogP contribution in [-0.4, -0.2) is 10.9 Å². The van der Waals surface area contributed by atoms with Gasteiger partial charge in [-0.1, -0.05) is 38.1 Å². The van der Waals surface area contributed by atoms with E-state index in [1.807, 2.05) is 44.2 Å². The van der Waals surface area contributed by atoms with Gasteiger partial charge in [0, 0.05) is 34.6 Å². The molecule has 0 fully saturated rings. The number of carbonyl (C=O) groups is 1. The molecule has 0 aliphatic rings. The topological polar surface area (TPSA) is 54.0 Å². The number of nitrogens with zero attached hydrogens (tertiary/aromatic N) is 1. The van der Waals surface area contributed by atoms with Gasteiger partial charge in [0.2, 0.25) is 5.91 Å². The van der Waals surface area contributed by atoms with Crippen LogP contribution in [0, 0.1) is 5.92 Å². The molecule has 4 nitrogen and oxygen atoms in total. The first-order valence-corrected chi connectivity index (χ1v) is 8.95. The molecule has 6 heteroatoms. The van der Waals surface area contributed by atoms with Crippen LogP contribution < -0.4 is 10.6 Å². The Hall–Kier alpha value is -3.28. The standard InChI is InChI=1S/C22H21F2N3O/c1-14(2)22(28)27-19-8-3-5-15(11-19)17-9-10-20(25-13-17)26-18-7-4-6-16(12-18)21(23)24/h3-14,21H,1-2H3,(H,25,26)(H,27,28). The Labute approximate surface area is 162 Å². The average Bonchev–Trinajstić information content (AvgIpc) is 2.69. The Balaban J connectivity index is 1.74. The van der Waals surface area contributed by atoms with Gasteiger partial charge in [-0.2, -0.15) is 0 Å². The van der Waals surface area contributed by atoms with Gasteiger partial charge in [-0.25, -0.2) is 13.8 Å². The summed E-state index contributed by atoms with van der Waals surface area (Å²) in [5.41, 5.74) is 3.04. The molecule has 0 radical (unpaired) electrons. The number of halogens is 2. The molecule has 28 heavy (non-hydrogen) atoms. The number of aromatic nitrogens is 1. The normalized spacial score (nSPS) is 10.9. The van der Waals surface area contributed by atoms with Crippen LogP contribution in [0.1, 0.15) is 25.8 Å². The van der Waals surface area contributed by atoms with Crippen LogP contribution in [0.4, 0.5) is 26.0 Å². The molecule has 0 aliphatic heterocycles. The molecular weight excluding hydrogens is 360 g/mol. The highest BCUT2D eigenvalue weighted by molar-refractivity contribution is 5.92. The van der Waals surface area contributed by atoms with Crippen molar-refractivity contribution < 1.29 is 13.6 Å². The SMILES string of the molecule is CC(C)C(=O)Nc1cccc(-c2ccc(Nc3cccc(C(F)F)c3)nc2)c1. The predicted molar refractivity (Wildman–Crippen MR) is 108 cm³/mol. The number of amides is 1. The summed E-state index contributed by atoms with van der Waals surface area (Å²) in [5, 5.41) is 5.90. The van der Waals surface area contributed by atoms with Gasteiger partial charge in [-0.15, -0.1) is 0 Å². The number of hydrogen-bond acceptors (Lipinski definition) is 3. The van der Waals surface area contributed by atoms with Gasteiger partial charge < -0.3 is 10.6 Å². The van der Waals surface area contributed by atoms with Gasteiger partial charge in [0.15, 0.2) is 0 Å². The first-order chi connectivity index (χ1) is 13.4. The van der Waals surface area contributed by atoms with Gasteiger partial charge in [0.05, 0.1) is 0 Å². The second-order valence-corrected chi connectivity index (χ2v) is 6.71. The number of pyridine rings is 1. The number of anilines is 3. The maximum Gasteiger partial charge on any atom is 0.263 e. The molecule has 0 spiro atoms. The molecule has 144 valence electrons. The molecule has 0 unspecified atom stereocenters. The molecule has 0 aliphatic carbocycles. The quantitative estimate of drug-likeness (QED) is 0.549. The van der Waals surface area contributed by atoms with E-state index in [0.717, 1.165) is 16.8 Å². The van der Waals surface area contributed by atoms with E-state index in [0.29, 0.717) is 11.5 Å². The molecule has 2 N–H and O–H groups in total. The van der Waals surface area contributed by atoms with Crippen molar-refractivity contribution in [2.75, 3.05) is 10.6 Å². The number of carbonyl (C=O) groups excluding carboxylic acids is 1. The van der Waals surface area contributed by atoms with E-state index in [-0.39, 0.29) is 17.4 Å². The number of rotatable bonds is 6. The summed E-state index contributed by atoms with van der Waals surface area (Å²) in [7, 11) is 0. The van der Waals surface area contributed by atoms with Crippen LogP contribution in [0.5, 0.6) is 0 Å².